The molecule has 3 rings (SSSR count). The molecule has 0 saturated carbocycles. The Labute approximate surface area is 139 Å². The summed E-state index contributed by atoms with van der Waals surface area (Å²) in [6.45, 7) is 2.36. The largest absolute Gasteiger partial charge is 0.492 e. The second-order valence-electron chi connectivity index (χ2n) is 5.20. The molecule has 5 nitrogen and oxygen atoms in total. The Hall–Kier alpha value is -2.37. The van der Waals surface area contributed by atoms with Gasteiger partial charge < -0.3 is 15.2 Å². The molecular formula is C17H16ClN3O2. The lowest BCUT2D eigenvalue weighted by molar-refractivity contribution is 0.296. The predicted molar refractivity (Wildman–Crippen MR) is 90.2 cm³/mol. The average Bonchev–Trinajstić information content (AvgIpc) is 2.54. The summed E-state index contributed by atoms with van der Waals surface area (Å²) >= 11 is 5.93. The van der Waals surface area contributed by atoms with E-state index in [1.165, 1.54) is 0 Å². The van der Waals surface area contributed by atoms with Gasteiger partial charge in [-0.1, -0.05) is 11.6 Å². The first-order valence-electron chi connectivity index (χ1n) is 7.19. The van der Waals surface area contributed by atoms with Crippen molar-refractivity contribution in [3.05, 3.63) is 53.7 Å². The van der Waals surface area contributed by atoms with Crippen molar-refractivity contribution in [1.82, 2.24) is 9.97 Å². The highest BCUT2D eigenvalue weighted by Crippen LogP contribution is 2.24. The van der Waals surface area contributed by atoms with Gasteiger partial charge in [-0.25, -0.2) is 9.97 Å². The van der Waals surface area contributed by atoms with Crippen molar-refractivity contribution in [1.29, 1.82) is 0 Å². The number of aromatic nitrogens is 2. The van der Waals surface area contributed by atoms with Gasteiger partial charge in [-0.3, -0.25) is 0 Å². The van der Waals surface area contributed by atoms with Crippen LogP contribution in [0.2, 0.25) is 5.02 Å². The average molecular weight is 330 g/mol. The molecule has 23 heavy (non-hydrogen) atoms. The summed E-state index contributed by atoms with van der Waals surface area (Å²) in [5, 5.41) is 0.628. The third-order valence-corrected chi connectivity index (χ3v) is 3.28. The third-order valence-electron chi connectivity index (χ3n) is 3.04. The van der Waals surface area contributed by atoms with Crippen LogP contribution in [0.15, 0.2) is 48.7 Å². The van der Waals surface area contributed by atoms with Crippen LogP contribution in [-0.2, 0) is 0 Å². The van der Waals surface area contributed by atoms with Crippen molar-refractivity contribution in [3.63, 3.8) is 0 Å². The lowest BCUT2D eigenvalue weighted by atomic mass is 10.3. The SMILES string of the molecule is CC(N)COc1ccc(Oc2cnc3cc(Cl)ccc3n2)cc1. The fourth-order valence-electron chi connectivity index (χ4n) is 1.97. The number of nitrogens with two attached hydrogens (primary N) is 1. The fourth-order valence-corrected chi connectivity index (χ4v) is 2.13. The number of ether oxygens (including phenoxy) is 2. The van der Waals surface area contributed by atoms with E-state index >= 15 is 0 Å². The minimum atomic E-state index is -0.00713. The molecule has 2 N–H and O–H groups in total. The van der Waals surface area contributed by atoms with Crippen molar-refractivity contribution < 1.29 is 9.47 Å². The van der Waals surface area contributed by atoms with E-state index in [0.29, 0.717) is 23.3 Å². The molecule has 3 aromatic rings. The molecule has 2 aromatic carbocycles. The molecule has 0 fully saturated rings. The molecule has 0 aliphatic rings. The van der Waals surface area contributed by atoms with Crippen LogP contribution in [-0.4, -0.2) is 22.6 Å². The Bertz CT molecular complexity index is 807. The molecule has 1 atom stereocenters. The Morgan fingerprint density at radius 2 is 1.83 bits per heavy atom. The second kappa shape index (κ2) is 6.81. The van der Waals surface area contributed by atoms with Crippen LogP contribution in [0.25, 0.3) is 11.0 Å². The molecular weight excluding hydrogens is 314 g/mol. The molecule has 0 spiro atoms. The first-order chi connectivity index (χ1) is 11.1. The van der Waals surface area contributed by atoms with Crippen LogP contribution >= 0.6 is 11.6 Å². The van der Waals surface area contributed by atoms with Gasteiger partial charge in [-0.05, 0) is 49.4 Å². The lowest BCUT2D eigenvalue weighted by Crippen LogP contribution is -2.23. The number of hydrogen-bond acceptors (Lipinski definition) is 5. The van der Waals surface area contributed by atoms with Gasteiger partial charge in [0.15, 0.2) is 0 Å². The monoisotopic (exact) mass is 329 g/mol. The van der Waals surface area contributed by atoms with E-state index in [-0.39, 0.29) is 6.04 Å². The number of nitrogens with zero attached hydrogens (tertiary/aromatic N) is 2. The Morgan fingerprint density at radius 1 is 1.09 bits per heavy atom. The quantitative estimate of drug-likeness (QED) is 0.771. The summed E-state index contributed by atoms with van der Waals surface area (Å²) in [5.74, 6) is 1.82. The Kier molecular flexibility index (Phi) is 4.60. The minimum Gasteiger partial charge on any atom is -0.492 e. The van der Waals surface area contributed by atoms with E-state index in [0.717, 1.165) is 16.8 Å². The number of hydrogen-bond donors (Lipinski definition) is 1. The maximum absolute atomic E-state index is 5.93. The highest BCUT2D eigenvalue weighted by Gasteiger charge is 2.04. The highest BCUT2D eigenvalue weighted by molar-refractivity contribution is 6.31. The molecule has 0 saturated heterocycles. The van der Waals surface area contributed by atoms with Crippen LogP contribution in [0.5, 0.6) is 17.4 Å². The van der Waals surface area contributed by atoms with Gasteiger partial charge >= 0.3 is 0 Å². The molecule has 1 aromatic heterocycles. The third kappa shape index (κ3) is 4.09. The maximum Gasteiger partial charge on any atom is 0.238 e. The van der Waals surface area contributed by atoms with E-state index in [1.807, 2.05) is 37.3 Å². The molecule has 1 heterocycles. The number of fused-ring (bicyclic) bond motifs is 1. The van der Waals surface area contributed by atoms with E-state index in [2.05, 4.69) is 9.97 Å². The topological polar surface area (TPSA) is 70.3 Å². The van der Waals surface area contributed by atoms with Crippen molar-refractivity contribution in [2.45, 2.75) is 13.0 Å². The molecule has 1 unspecified atom stereocenters. The number of halogens is 1. The van der Waals surface area contributed by atoms with Crippen LogP contribution in [0.4, 0.5) is 0 Å². The summed E-state index contributed by atoms with van der Waals surface area (Å²) in [6.07, 6.45) is 1.57. The van der Waals surface area contributed by atoms with Crippen LogP contribution in [0, 0.1) is 0 Å². The molecule has 0 aliphatic heterocycles. The van der Waals surface area contributed by atoms with E-state index in [4.69, 9.17) is 26.8 Å². The maximum atomic E-state index is 5.93. The first-order valence-corrected chi connectivity index (χ1v) is 7.56. The number of rotatable bonds is 5. The second-order valence-corrected chi connectivity index (χ2v) is 5.64. The smallest absolute Gasteiger partial charge is 0.238 e. The molecule has 6 heteroatoms. The predicted octanol–water partition coefficient (Wildman–Crippen LogP) is 3.80. The summed E-state index contributed by atoms with van der Waals surface area (Å²) < 4.78 is 11.2. The van der Waals surface area contributed by atoms with E-state index in [9.17, 15) is 0 Å². The summed E-state index contributed by atoms with van der Waals surface area (Å²) in [4.78, 5) is 8.70. The standard InChI is InChI=1S/C17H16ClN3O2/c1-11(19)10-22-13-3-5-14(6-4-13)23-17-9-20-16-8-12(18)2-7-15(16)21-17/h2-9,11H,10,19H2,1H3. The van der Waals surface area contributed by atoms with Crippen LogP contribution in [0.1, 0.15) is 6.92 Å². The fraction of sp³-hybridized carbons (Fsp3) is 0.176. The Balaban J connectivity index is 1.72. The van der Waals surface area contributed by atoms with Crippen molar-refractivity contribution in [2.24, 2.45) is 5.73 Å². The van der Waals surface area contributed by atoms with Gasteiger partial charge in [0.25, 0.3) is 0 Å². The Morgan fingerprint density at radius 3 is 2.57 bits per heavy atom. The van der Waals surface area contributed by atoms with E-state index < -0.39 is 0 Å². The van der Waals surface area contributed by atoms with Gasteiger partial charge in [-0.2, -0.15) is 0 Å². The molecule has 0 amide bonds. The highest BCUT2D eigenvalue weighted by atomic mass is 35.5. The number of benzene rings is 2. The van der Waals surface area contributed by atoms with Gasteiger partial charge in [0, 0.05) is 11.1 Å². The molecule has 0 radical (unpaired) electrons. The van der Waals surface area contributed by atoms with Gasteiger partial charge in [0.1, 0.15) is 18.1 Å². The van der Waals surface area contributed by atoms with Crippen molar-refractivity contribution in [3.8, 4) is 17.4 Å². The zero-order valence-electron chi connectivity index (χ0n) is 12.6. The van der Waals surface area contributed by atoms with Gasteiger partial charge in [0.05, 0.1) is 17.2 Å². The van der Waals surface area contributed by atoms with Crippen molar-refractivity contribution >= 4 is 22.6 Å². The zero-order valence-corrected chi connectivity index (χ0v) is 13.3. The van der Waals surface area contributed by atoms with Crippen LogP contribution < -0.4 is 15.2 Å². The minimum absolute atomic E-state index is 0.00713. The normalized spacial score (nSPS) is 12.1. The summed E-state index contributed by atoms with van der Waals surface area (Å²) in [6, 6.07) is 12.6. The van der Waals surface area contributed by atoms with Gasteiger partial charge in [0.2, 0.25) is 5.88 Å². The first kappa shape index (κ1) is 15.5. The summed E-state index contributed by atoms with van der Waals surface area (Å²) in [5.41, 5.74) is 7.11. The van der Waals surface area contributed by atoms with Crippen LogP contribution in [0.3, 0.4) is 0 Å². The zero-order chi connectivity index (χ0) is 16.2. The molecule has 118 valence electrons. The van der Waals surface area contributed by atoms with Gasteiger partial charge in [-0.15, -0.1) is 0 Å². The lowest BCUT2D eigenvalue weighted by Gasteiger charge is -2.09. The molecule has 0 bridgehead atoms. The molecule has 0 aliphatic carbocycles. The summed E-state index contributed by atoms with van der Waals surface area (Å²) in [7, 11) is 0. The van der Waals surface area contributed by atoms with Crippen molar-refractivity contribution in [2.75, 3.05) is 6.61 Å². The van der Waals surface area contributed by atoms with E-state index in [1.54, 1.807) is 18.3 Å².